The number of aromatic nitrogens is 6. The summed E-state index contributed by atoms with van der Waals surface area (Å²) in [7, 11) is 0. The summed E-state index contributed by atoms with van der Waals surface area (Å²) in [5.41, 5.74) is 6.36. The first-order valence-corrected chi connectivity index (χ1v) is 8.63. The number of tetrazole rings is 1. The second-order valence-corrected chi connectivity index (χ2v) is 6.34. The van der Waals surface area contributed by atoms with Crippen molar-refractivity contribution in [3.05, 3.63) is 57.3 Å². The van der Waals surface area contributed by atoms with Gasteiger partial charge in [-0.3, -0.25) is 14.2 Å². The molecule has 130 valence electrons. The van der Waals surface area contributed by atoms with Crippen molar-refractivity contribution in [2.24, 2.45) is 5.73 Å². The van der Waals surface area contributed by atoms with Crippen LogP contribution in [0.15, 0.2) is 45.9 Å². The third kappa shape index (κ3) is 2.97. The summed E-state index contributed by atoms with van der Waals surface area (Å²) in [5.74, 6) is 0.188. The first-order valence-electron chi connectivity index (χ1n) is 7.69. The number of thiophene rings is 1. The van der Waals surface area contributed by atoms with Crippen molar-refractivity contribution in [2.45, 2.75) is 13.1 Å². The Kier molecular flexibility index (Phi) is 4.01. The lowest BCUT2D eigenvalue weighted by atomic mass is 10.2. The molecule has 0 bridgehead atoms. The molecule has 1 amide bonds. The third-order valence-electron chi connectivity index (χ3n) is 3.77. The average Bonchev–Trinajstić information content (AvgIpc) is 3.29. The predicted octanol–water partition coefficient (Wildman–Crippen LogP) is 0.645. The molecule has 0 saturated carbocycles. The minimum Gasteiger partial charge on any atom is -0.368 e. The molecule has 2 N–H and O–H groups in total. The lowest BCUT2D eigenvalue weighted by Gasteiger charge is -2.11. The monoisotopic (exact) mass is 367 g/mol. The number of carbonyl (C=O) groups is 1. The van der Waals surface area contributed by atoms with E-state index in [1.54, 1.807) is 24.3 Å². The summed E-state index contributed by atoms with van der Waals surface area (Å²) in [6.07, 6.45) is 0. The summed E-state index contributed by atoms with van der Waals surface area (Å²) in [4.78, 5) is 29.9. The molecule has 3 heterocycles. The number of hydrogen-bond acceptors (Lipinski definition) is 7. The summed E-state index contributed by atoms with van der Waals surface area (Å²) in [5, 5.41) is 16.6. The Morgan fingerprint density at radius 3 is 2.85 bits per heavy atom. The lowest BCUT2D eigenvalue weighted by Crippen LogP contribution is -2.32. The molecule has 0 atom stereocenters. The molecule has 0 spiro atoms. The molecule has 0 saturated heterocycles. The van der Waals surface area contributed by atoms with E-state index in [2.05, 4.69) is 20.4 Å². The normalized spacial score (nSPS) is 11.1. The maximum absolute atomic E-state index is 12.7. The molecule has 10 heteroatoms. The number of rotatable bonds is 5. The van der Waals surface area contributed by atoms with E-state index in [0.717, 1.165) is 5.56 Å². The molecule has 0 aliphatic carbocycles. The van der Waals surface area contributed by atoms with E-state index in [4.69, 9.17) is 5.73 Å². The van der Waals surface area contributed by atoms with Crippen molar-refractivity contribution in [1.82, 2.24) is 29.8 Å². The second-order valence-electron chi connectivity index (χ2n) is 5.56. The van der Waals surface area contributed by atoms with Crippen LogP contribution in [0.2, 0.25) is 0 Å². The predicted molar refractivity (Wildman–Crippen MR) is 95.4 cm³/mol. The van der Waals surface area contributed by atoms with Gasteiger partial charge in [0, 0.05) is 10.9 Å². The lowest BCUT2D eigenvalue weighted by molar-refractivity contribution is -0.118. The zero-order valence-electron chi connectivity index (χ0n) is 13.4. The van der Waals surface area contributed by atoms with Crippen LogP contribution in [-0.2, 0) is 17.9 Å². The van der Waals surface area contributed by atoms with Gasteiger partial charge in [0.1, 0.15) is 18.9 Å². The van der Waals surface area contributed by atoms with Crippen LogP contribution < -0.4 is 11.3 Å². The zero-order chi connectivity index (χ0) is 18.1. The molecule has 9 nitrogen and oxygen atoms in total. The van der Waals surface area contributed by atoms with Crippen LogP contribution in [0.4, 0.5) is 0 Å². The van der Waals surface area contributed by atoms with Crippen LogP contribution in [0, 0.1) is 0 Å². The Morgan fingerprint density at radius 1 is 1.23 bits per heavy atom. The number of para-hydroxylation sites is 1. The van der Waals surface area contributed by atoms with Gasteiger partial charge < -0.3 is 5.73 Å². The highest BCUT2D eigenvalue weighted by Crippen LogP contribution is 2.17. The van der Waals surface area contributed by atoms with Crippen molar-refractivity contribution >= 4 is 28.1 Å². The van der Waals surface area contributed by atoms with Gasteiger partial charge in [-0.15, -0.1) is 10.2 Å². The molecule has 0 aliphatic heterocycles. The van der Waals surface area contributed by atoms with Crippen LogP contribution in [0.25, 0.3) is 22.3 Å². The average molecular weight is 367 g/mol. The van der Waals surface area contributed by atoms with Gasteiger partial charge in [0.05, 0.1) is 10.9 Å². The number of primary amides is 1. The summed E-state index contributed by atoms with van der Waals surface area (Å²) in [6.45, 7) is -0.178. The van der Waals surface area contributed by atoms with E-state index >= 15 is 0 Å². The fraction of sp³-hybridized carbons (Fsp3) is 0.125. The van der Waals surface area contributed by atoms with Crippen molar-refractivity contribution in [3.8, 4) is 11.4 Å². The van der Waals surface area contributed by atoms with Gasteiger partial charge in [0.25, 0.3) is 5.56 Å². The maximum atomic E-state index is 12.7. The van der Waals surface area contributed by atoms with Crippen LogP contribution in [-0.4, -0.2) is 35.7 Å². The Balaban J connectivity index is 1.77. The first kappa shape index (κ1) is 16.1. The standard InChI is InChI=1S/C16H13N7O2S/c17-13(24)7-22-14(18-12-4-2-1-3-11(12)16(22)25)8-23-20-15(19-21-23)10-5-6-26-9-10/h1-6,9H,7-8H2,(H2,17,24). The maximum Gasteiger partial charge on any atom is 0.261 e. The minimum absolute atomic E-state index is 0.0878. The number of fused-ring (bicyclic) bond motifs is 1. The summed E-state index contributed by atoms with van der Waals surface area (Å²) >= 11 is 1.53. The second kappa shape index (κ2) is 6.48. The largest absolute Gasteiger partial charge is 0.368 e. The summed E-state index contributed by atoms with van der Waals surface area (Å²) in [6, 6.07) is 8.82. The molecule has 0 aliphatic rings. The van der Waals surface area contributed by atoms with Gasteiger partial charge in [0.2, 0.25) is 11.7 Å². The topological polar surface area (TPSA) is 122 Å². The zero-order valence-corrected chi connectivity index (χ0v) is 14.3. The molecule has 0 fully saturated rings. The minimum atomic E-state index is -0.629. The number of nitrogens with zero attached hydrogens (tertiary/aromatic N) is 6. The van der Waals surface area contributed by atoms with E-state index in [1.165, 1.54) is 20.7 Å². The number of nitrogens with two attached hydrogens (primary N) is 1. The molecule has 4 aromatic rings. The van der Waals surface area contributed by atoms with Crippen molar-refractivity contribution in [3.63, 3.8) is 0 Å². The van der Waals surface area contributed by atoms with Gasteiger partial charge in [0.15, 0.2) is 0 Å². The Labute approximate surface area is 150 Å². The quantitative estimate of drug-likeness (QED) is 0.552. The smallest absolute Gasteiger partial charge is 0.261 e. The molecule has 4 rings (SSSR count). The van der Waals surface area contributed by atoms with Gasteiger partial charge in [-0.2, -0.15) is 16.1 Å². The summed E-state index contributed by atoms with van der Waals surface area (Å²) < 4.78 is 1.25. The van der Waals surface area contributed by atoms with Crippen LogP contribution >= 0.6 is 11.3 Å². The van der Waals surface area contributed by atoms with E-state index in [-0.39, 0.29) is 18.6 Å². The number of hydrogen-bond donors (Lipinski definition) is 1. The molecule has 26 heavy (non-hydrogen) atoms. The van der Waals surface area contributed by atoms with E-state index in [9.17, 15) is 9.59 Å². The van der Waals surface area contributed by atoms with Gasteiger partial charge in [-0.25, -0.2) is 4.98 Å². The molecule has 3 aromatic heterocycles. The molecular formula is C16H13N7O2S. The van der Waals surface area contributed by atoms with Gasteiger partial charge in [-0.1, -0.05) is 12.1 Å². The highest BCUT2D eigenvalue weighted by Gasteiger charge is 2.15. The highest BCUT2D eigenvalue weighted by molar-refractivity contribution is 7.08. The van der Waals surface area contributed by atoms with Crippen LogP contribution in [0.1, 0.15) is 5.82 Å². The number of amides is 1. The van der Waals surface area contributed by atoms with E-state index in [0.29, 0.717) is 22.6 Å². The van der Waals surface area contributed by atoms with Crippen molar-refractivity contribution in [2.75, 3.05) is 0 Å². The van der Waals surface area contributed by atoms with Gasteiger partial charge in [-0.05, 0) is 28.8 Å². The SMILES string of the molecule is NC(=O)Cn1c(Cn2nnc(-c3ccsc3)n2)nc2ccccc2c1=O. The Bertz CT molecular complexity index is 1150. The fourth-order valence-electron chi connectivity index (χ4n) is 2.60. The van der Waals surface area contributed by atoms with Crippen LogP contribution in [0.3, 0.4) is 0 Å². The molecule has 1 aromatic carbocycles. The van der Waals surface area contributed by atoms with Crippen molar-refractivity contribution in [1.29, 1.82) is 0 Å². The third-order valence-corrected chi connectivity index (χ3v) is 4.45. The van der Waals surface area contributed by atoms with Crippen molar-refractivity contribution < 1.29 is 4.79 Å². The van der Waals surface area contributed by atoms with E-state index < -0.39 is 5.91 Å². The van der Waals surface area contributed by atoms with E-state index in [1.807, 2.05) is 16.8 Å². The molecule has 0 radical (unpaired) electrons. The first-order chi connectivity index (χ1) is 12.6. The Morgan fingerprint density at radius 2 is 2.08 bits per heavy atom. The van der Waals surface area contributed by atoms with Gasteiger partial charge >= 0.3 is 0 Å². The molecular weight excluding hydrogens is 354 g/mol. The highest BCUT2D eigenvalue weighted by atomic mass is 32.1. The fourth-order valence-corrected chi connectivity index (χ4v) is 3.23. The van der Waals surface area contributed by atoms with Crippen LogP contribution in [0.5, 0.6) is 0 Å². The Hall–Kier alpha value is -3.40. The number of benzene rings is 1. The number of carbonyl (C=O) groups excluding carboxylic acids is 1. The molecule has 0 unspecified atom stereocenters.